The summed E-state index contributed by atoms with van der Waals surface area (Å²) in [6.07, 6.45) is 3.00. The fraction of sp³-hybridized carbons (Fsp3) is 0.417. The number of nitrogens with one attached hydrogen (secondary N) is 2. The first kappa shape index (κ1) is 22.6. The fourth-order valence-electron chi connectivity index (χ4n) is 4.30. The maximum atomic E-state index is 12.6. The lowest BCUT2D eigenvalue weighted by Gasteiger charge is -2.35. The number of rotatable bonds is 6. The van der Waals surface area contributed by atoms with Crippen molar-refractivity contribution in [3.05, 3.63) is 53.6 Å². The van der Waals surface area contributed by atoms with E-state index in [1.165, 1.54) is 11.3 Å². The van der Waals surface area contributed by atoms with Crippen LogP contribution in [0.4, 0.5) is 11.4 Å². The molecule has 2 aliphatic rings. The van der Waals surface area contributed by atoms with Crippen LogP contribution < -0.4 is 15.5 Å². The molecular formula is C24H30N4O3S. The molecule has 2 aromatic rings. The Bertz CT molecular complexity index is 977. The van der Waals surface area contributed by atoms with E-state index in [9.17, 15) is 9.59 Å². The number of benzene rings is 2. The summed E-state index contributed by atoms with van der Waals surface area (Å²) in [5, 5.41) is 5.55. The predicted octanol–water partition coefficient (Wildman–Crippen LogP) is 2.53. The van der Waals surface area contributed by atoms with Gasteiger partial charge in [0.05, 0.1) is 19.3 Å². The molecule has 2 amide bonds. The van der Waals surface area contributed by atoms with Gasteiger partial charge in [0, 0.05) is 49.5 Å². The van der Waals surface area contributed by atoms with E-state index >= 15 is 0 Å². The third-order valence-electron chi connectivity index (χ3n) is 6.09. The number of likely N-dealkylation sites (N-methyl/N-ethyl adjacent to an activating group) is 1. The molecule has 0 spiro atoms. The van der Waals surface area contributed by atoms with Crippen molar-refractivity contribution >= 4 is 35.0 Å². The van der Waals surface area contributed by atoms with E-state index in [2.05, 4.69) is 45.7 Å². The normalized spacial score (nSPS) is 17.0. The predicted molar refractivity (Wildman–Crippen MR) is 128 cm³/mol. The second-order valence-electron chi connectivity index (χ2n) is 8.12. The Labute approximate surface area is 193 Å². The molecule has 32 heavy (non-hydrogen) atoms. The van der Waals surface area contributed by atoms with Crippen LogP contribution in [0, 0.1) is 0 Å². The Hall–Kier alpha value is -2.55. The van der Waals surface area contributed by atoms with E-state index in [0.717, 1.165) is 36.5 Å². The van der Waals surface area contributed by atoms with E-state index in [1.807, 2.05) is 24.5 Å². The highest BCUT2D eigenvalue weighted by atomic mass is 32.2. The zero-order chi connectivity index (χ0) is 22.5. The number of nitrogens with zero attached hydrogens (tertiary/aromatic N) is 2. The lowest BCUT2D eigenvalue weighted by Crippen LogP contribution is -2.45. The number of morpholine rings is 1. The molecule has 4 rings (SSSR count). The highest BCUT2D eigenvalue weighted by Gasteiger charge is 2.26. The summed E-state index contributed by atoms with van der Waals surface area (Å²) < 4.78 is 5.52. The molecule has 2 N–H and O–H groups in total. The topological polar surface area (TPSA) is 73.9 Å². The summed E-state index contributed by atoms with van der Waals surface area (Å²) in [6.45, 7) is 4.33. The van der Waals surface area contributed by atoms with E-state index in [0.29, 0.717) is 25.4 Å². The summed E-state index contributed by atoms with van der Waals surface area (Å²) >= 11 is 1.58. The van der Waals surface area contributed by atoms with Crippen LogP contribution in [0.2, 0.25) is 0 Å². The van der Waals surface area contributed by atoms with Crippen LogP contribution >= 0.6 is 11.8 Å². The largest absolute Gasteiger partial charge is 0.379 e. The zero-order valence-corrected chi connectivity index (χ0v) is 19.4. The van der Waals surface area contributed by atoms with E-state index < -0.39 is 11.8 Å². The molecular weight excluding hydrogens is 424 g/mol. The number of fused-ring (bicyclic) bond motifs is 1. The number of carbonyl (C=O) groups excluding carboxylic acids is 2. The molecule has 170 valence electrons. The Kier molecular flexibility index (Phi) is 7.34. The van der Waals surface area contributed by atoms with Crippen molar-refractivity contribution in [2.24, 2.45) is 0 Å². The van der Waals surface area contributed by atoms with Crippen LogP contribution in [0.15, 0.2) is 47.4 Å². The molecule has 0 bridgehead atoms. The lowest BCUT2D eigenvalue weighted by atomic mass is 10.0. The van der Waals surface area contributed by atoms with Gasteiger partial charge in [0.25, 0.3) is 0 Å². The summed E-state index contributed by atoms with van der Waals surface area (Å²) in [6, 6.07) is 14.0. The Morgan fingerprint density at radius 2 is 1.91 bits per heavy atom. The van der Waals surface area contributed by atoms with Crippen LogP contribution in [0.25, 0.3) is 0 Å². The monoisotopic (exact) mass is 454 g/mol. The Balaban J connectivity index is 1.44. The molecule has 1 saturated heterocycles. The summed E-state index contributed by atoms with van der Waals surface area (Å²) in [4.78, 5) is 30.6. The number of ether oxygens (including phenoxy) is 1. The minimum Gasteiger partial charge on any atom is -0.379 e. The minimum absolute atomic E-state index is 0.00771. The summed E-state index contributed by atoms with van der Waals surface area (Å²) in [5.41, 5.74) is 4.38. The maximum absolute atomic E-state index is 12.6. The molecule has 0 unspecified atom stereocenters. The van der Waals surface area contributed by atoms with Gasteiger partial charge in [-0.2, -0.15) is 0 Å². The standard InChI is InChI=1S/C24H30N4O3S/c1-27-9-8-18-14-17(6-7-21(18)27)22(28-10-12-31-13-11-28)16-25-23(29)24(30)26-19-4-3-5-20(15-19)32-2/h3-7,14-15,22H,8-13,16H2,1-2H3,(H,25,29)(H,26,30)/t22-/m0/s1. The van der Waals surface area contributed by atoms with Crippen molar-refractivity contribution in [3.63, 3.8) is 0 Å². The number of carbonyl (C=O) groups is 2. The number of thioether (sulfide) groups is 1. The molecule has 1 atom stereocenters. The van der Waals surface area contributed by atoms with Crippen LogP contribution in [0.3, 0.4) is 0 Å². The average molecular weight is 455 g/mol. The van der Waals surface area contributed by atoms with Crippen LogP contribution in [-0.2, 0) is 20.7 Å². The molecule has 0 aromatic heterocycles. The van der Waals surface area contributed by atoms with Gasteiger partial charge >= 0.3 is 11.8 Å². The highest BCUT2D eigenvalue weighted by molar-refractivity contribution is 7.98. The average Bonchev–Trinajstić information content (AvgIpc) is 3.20. The number of hydrogen-bond acceptors (Lipinski definition) is 6. The summed E-state index contributed by atoms with van der Waals surface area (Å²) in [5.74, 6) is -1.28. The van der Waals surface area contributed by atoms with Gasteiger partial charge in [-0.3, -0.25) is 14.5 Å². The maximum Gasteiger partial charge on any atom is 0.313 e. The molecule has 0 aliphatic carbocycles. The van der Waals surface area contributed by atoms with Crippen molar-refractivity contribution in [1.82, 2.24) is 10.2 Å². The minimum atomic E-state index is -0.653. The van der Waals surface area contributed by atoms with Crippen molar-refractivity contribution in [1.29, 1.82) is 0 Å². The second-order valence-corrected chi connectivity index (χ2v) is 9.00. The smallest absolute Gasteiger partial charge is 0.313 e. The Morgan fingerprint density at radius 3 is 2.69 bits per heavy atom. The van der Waals surface area contributed by atoms with E-state index in [-0.39, 0.29) is 6.04 Å². The third kappa shape index (κ3) is 5.26. The number of hydrogen-bond donors (Lipinski definition) is 2. The SMILES string of the molecule is CSc1cccc(NC(=O)C(=O)NC[C@@H](c2ccc3c(c2)CCN3C)N2CCOCC2)c1. The Morgan fingerprint density at radius 1 is 1.09 bits per heavy atom. The number of amides is 2. The molecule has 7 nitrogen and oxygen atoms in total. The van der Waals surface area contributed by atoms with Crippen LogP contribution in [0.5, 0.6) is 0 Å². The van der Waals surface area contributed by atoms with Gasteiger partial charge in [-0.1, -0.05) is 18.2 Å². The molecule has 2 aromatic carbocycles. The van der Waals surface area contributed by atoms with E-state index in [4.69, 9.17) is 4.74 Å². The number of anilines is 2. The van der Waals surface area contributed by atoms with Crippen molar-refractivity contribution in [2.75, 3.05) is 62.9 Å². The molecule has 0 radical (unpaired) electrons. The van der Waals surface area contributed by atoms with Gasteiger partial charge in [-0.15, -0.1) is 11.8 Å². The molecule has 0 saturated carbocycles. The first-order valence-electron chi connectivity index (χ1n) is 10.9. The zero-order valence-electron chi connectivity index (χ0n) is 18.6. The molecule has 2 heterocycles. The third-order valence-corrected chi connectivity index (χ3v) is 6.82. The van der Waals surface area contributed by atoms with Gasteiger partial charge in [-0.05, 0) is 48.1 Å². The van der Waals surface area contributed by atoms with E-state index in [1.54, 1.807) is 17.8 Å². The fourth-order valence-corrected chi connectivity index (χ4v) is 4.76. The summed E-state index contributed by atoms with van der Waals surface area (Å²) in [7, 11) is 2.11. The molecule has 1 fully saturated rings. The van der Waals surface area contributed by atoms with Crippen LogP contribution in [0.1, 0.15) is 17.2 Å². The van der Waals surface area contributed by atoms with Crippen molar-refractivity contribution in [3.8, 4) is 0 Å². The first-order chi connectivity index (χ1) is 15.5. The van der Waals surface area contributed by atoms with Crippen LogP contribution in [-0.4, -0.2) is 69.4 Å². The second kappa shape index (κ2) is 10.4. The lowest BCUT2D eigenvalue weighted by molar-refractivity contribution is -0.136. The van der Waals surface area contributed by atoms with Gasteiger partial charge in [0.1, 0.15) is 0 Å². The van der Waals surface area contributed by atoms with Gasteiger partial charge < -0.3 is 20.3 Å². The van der Waals surface area contributed by atoms with Gasteiger partial charge in [-0.25, -0.2) is 0 Å². The van der Waals surface area contributed by atoms with Gasteiger partial charge in [0.2, 0.25) is 0 Å². The van der Waals surface area contributed by atoms with Crippen molar-refractivity contribution < 1.29 is 14.3 Å². The van der Waals surface area contributed by atoms with Gasteiger partial charge in [0.15, 0.2) is 0 Å². The van der Waals surface area contributed by atoms with Crippen molar-refractivity contribution in [2.45, 2.75) is 17.4 Å². The first-order valence-corrected chi connectivity index (χ1v) is 12.2. The molecule has 8 heteroatoms. The quantitative estimate of drug-likeness (QED) is 0.516. The highest BCUT2D eigenvalue weighted by Crippen LogP contribution is 2.31. The molecule has 2 aliphatic heterocycles.